The van der Waals surface area contributed by atoms with Gasteiger partial charge in [0.1, 0.15) is 11.6 Å². The van der Waals surface area contributed by atoms with Crippen LogP contribution in [0.5, 0.6) is 5.75 Å². The van der Waals surface area contributed by atoms with Crippen LogP contribution in [0.2, 0.25) is 0 Å². The average Bonchev–Trinajstić information content (AvgIpc) is 2.74. The fourth-order valence-corrected chi connectivity index (χ4v) is 2.86. The van der Waals surface area contributed by atoms with Crippen LogP contribution in [-0.2, 0) is 4.79 Å². The minimum atomic E-state index is -0.424. The van der Waals surface area contributed by atoms with Crippen molar-refractivity contribution in [2.24, 2.45) is 5.10 Å². The Kier molecular flexibility index (Phi) is 6.73. The van der Waals surface area contributed by atoms with Crippen LogP contribution in [-0.4, -0.2) is 42.6 Å². The molecule has 0 unspecified atom stereocenters. The second-order valence-corrected chi connectivity index (χ2v) is 6.51. The molecule has 0 aromatic heterocycles. The second kappa shape index (κ2) is 9.64. The first kappa shape index (κ1) is 19.5. The van der Waals surface area contributed by atoms with Gasteiger partial charge in [0.15, 0.2) is 6.61 Å². The van der Waals surface area contributed by atoms with Crippen LogP contribution in [0.1, 0.15) is 35.2 Å². The van der Waals surface area contributed by atoms with Crippen molar-refractivity contribution in [3.63, 3.8) is 0 Å². The Balaban J connectivity index is 1.45. The molecule has 2 aromatic rings. The molecule has 3 rings (SSSR count). The number of carbonyl (C=O) groups is 2. The van der Waals surface area contributed by atoms with Crippen LogP contribution in [0.25, 0.3) is 0 Å². The molecule has 0 aliphatic carbocycles. The van der Waals surface area contributed by atoms with E-state index in [0.717, 1.165) is 31.5 Å². The van der Waals surface area contributed by atoms with E-state index in [4.69, 9.17) is 4.74 Å². The van der Waals surface area contributed by atoms with Gasteiger partial charge >= 0.3 is 0 Å². The van der Waals surface area contributed by atoms with Crippen molar-refractivity contribution in [3.05, 3.63) is 65.5 Å². The lowest BCUT2D eigenvalue weighted by molar-refractivity contribution is -0.134. The van der Waals surface area contributed by atoms with E-state index in [-0.39, 0.29) is 12.5 Å². The average molecular weight is 383 g/mol. The Bertz CT molecular complexity index is 829. The number of likely N-dealkylation sites (tertiary alicyclic amines) is 1. The van der Waals surface area contributed by atoms with Crippen molar-refractivity contribution in [1.82, 2.24) is 10.3 Å². The van der Waals surface area contributed by atoms with Gasteiger partial charge in [0, 0.05) is 18.7 Å². The van der Waals surface area contributed by atoms with Crippen molar-refractivity contribution in [2.75, 3.05) is 19.7 Å². The standard InChI is InChI=1S/C21H22FN3O3/c22-18-8-6-17(7-9-18)21(27)24-23-14-16-4-10-19(11-5-16)28-15-20(26)25-12-2-1-3-13-25/h4-11,14H,1-3,12-13,15H2,(H,24,27)/b23-14-. The first-order chi connectivity index (χ1) is 13.6. The summed E-state index contributed by atoms with van der Waals surface area (Å²) in [5, 5.41) is 3.89. The molecule has 1 aliphatic heterocycles. The molecule has 1 N–H and O–H groups in total. The number of piperidine rings is 1. The van der Waals surface area contributed by atoms with Gasteiger partial charge in [-0.15, -0.1) is 0 Å². The van der Waals surface area contributed by atoms with Crippen molar-refractivity contribution < 1.29 is 18.7 Å². The topological polar surface area (TPSA) is 71.0 Å². The maximum Gasteiger partial charge on any atom is 0.271 e. The van der Waals surface area contributed by atoms with Crippen LogP contribution in [0.15, 0.2) is 53.6 Å². The number of hydrogen-bond acceptors (Lipinski definition) is 4. The van der Waals surface area contributed by atoms with E-state index in [1.807, 2.05) is 4.90 Å². The first-order valence-corrected chi connectivity index (χ1v) is 9.21. The Hall–Kier alpha value is -3.22. The third-order valence-corrected chi connectivity index (χ3v) is 4.44. The number of halogens is 1. The first-order valence-electron chi connectivity index (χ1n) is 9.21. The summed E-state index contributed by atoms with van der Waals surface area (Å²) in [6, 6.07) is 12.2. The van der Waals surface area contributed by atoms with Crippen LogP contribution in [0.4, 0.5) is 4.39 Å². The largest absolute Gasteiger partial charge is 0.484 e. The molecule has 28 heavy (non-hydrogen) atoms. The molecule has 0 radical (unpaired) electrons. The van der Waals surface area contributed by atoms with E-state index < -0.39 is 11.7 Å². The van der Waals surface area contributed by atoms with Crippen molar-refractivity contribution in [1.29, 1.82) is 0 Å². The maximum atomic E-state index is 12.9. The molecule has 0 saturated carbocycles. The van der Waals surface area contributed by atoms with Gasteiger partial charge in [-0.1, -0.05) is 0 Å². The second-order valence-electron chi connectivity index (χ2n) is 6.51. The van der Waals surface area contributed by atoms with Crippen LogP contribution >= 0.6 is 0 Å². The predicted octanol–water partition coefficient (Wildman–Crippen LogP) is 2.98. The van der Waals surface area contributed by atoms with Gasteiger partial charge in [0.05, 0.1) is 6.21 Å². The number of benzene rings is 2. The zero-order valence-corrected chi connectivity index (χ0v) is 15.4. The van der Waals surface area contributed by atoms with Gasteiger partial charge in [0.2, 0.25) is 0 Å². The zero-order valence-electron chi connectivity index (χ0n) is 15.4. The lowest BCUT2D eigenvalue weighted by atomic mass is 10.1. The molecular formula is C21H22FN3O3. The Morgan fingerprint density at radius 2 is 1.71 bits per heavy atom. The Morgan fingerprint density at radius 3 is 2.39 bits per heavy atom. The van der Waals surface area contributed by atoms with Crippen LogP contribution < -0.4 is 10.2 Å². The van der Waals surface area contributed by atoms with Gasteiger partial charge in [0.25, 0.3) is 11.8 Å². The van der Waals surface area contributed by atoms with Crippen molar-refractivity contribution in [2.45, 2.75) is 19.3 Å². The summed E-state index contributed by atoms with van der Waals surface area (Å²) in [4.78, 5) is 25.8. The molecule has 1 aliphatic rings. The van der Waals surface area contributed by atoms with Crippen LogP contribution in [0.3, 0.4) is 0 Å². The number of nitrogens with zero attached hydrogens (tertiary/aromatic N) is 2. The molecule has 1 saturated heterocycles. The smallest absolute Gasteiger partial charge is 0.271 e. The maximum absolute atomic E-state index is 12.9. The fraction of sp³-hybridized carbons (Fsp3) is 0.286. The van der Waals surface area contributed by atoms with E-state index >= 15 is 0 Å². The molecule has 7 heteroatoms. The fourth-order valence-electron chi connectivity index (χ4n) is 2.86. The SMILES string of the molecule is O=C(N/N=C\c1ccc(OCC(=O)N2CCCCC2)cc1)c1ccc(F)cc1. The highest BCUT2D eigenvalue weighted by Gasteiger charge is 2.16. The van der Waals surface area contributed by atoms with Gasteiger partial charge in [-0.2, -0.15) is 5.10 Å². The summed E-state index contributed by atoms with van der Waals surface area (Å²) in [7, 11) is 0. The minimum absolute atomic E-state index is 0.00819. The van der Waals surface area contributed by atoms with E-state index in [9.17, 15) is 14.0 Å². The third-order valence-electron chi connectivity index (χ3n) is 4.44. The number of ether oxygens (including phenoxy) is 1. The lowest BCUT2D eigenvalue weighted by Gasteiger charge is -2.26. The number of rotatable bonds is 6. The summed E-state index contributed by atoms with van der Waals surface area (Å²) < 4.78 is 18.4. The van der Waals surface area contributed by atoms with Gasteiger partial charge in [-0.25, -0.2) is 9.82 Å². The number of amides is 2. The van der Waals surface area contributed by atoms with Crippen LogP contribution in [0, 0.1) is 5.82 Å². The van der Waals surface area contributed by atoms with E-state index in [0.29, 0.717) is 11.3 Å². The molecule has 146 valence electrons. The zero-order chi connectivity index (χ0) is 19.8. The van der Waals surface area contributed by atoms with E-state index in [1.165, 1.54) is 36.9 Å². The monoisotopic (exact) mass is 383 g/mol. The highest BCUT2D eigenvalue weighted by molar-refractivity contribution is 5.94. The van der Waals surface area contributed by atoms with Gasteiger partial charge in [-0.05, 0) is 73.4 Å². The number of nitrogens with one attached hydrogen (secondary N) is 1. The molecule has 1 fully saturated rings. The summed E-state index contributed by atoms with van der Waals surface area (Å²) >= 11 is 0. The van der Waals surface area contributed by atoms with E-state index in [1.54, 1.807) is 24.3 Å². The molecule has 1 heterocycles. The molecule has 2 aromatic carbocycles. The summed E-state index contributed by atoms with van der Waals surface area (Å²) in [5.41, 5.74) is 3.46. The van der Waals surface area contributed by atoms with E-state index in [2.05, 4.69) is 10.5 Å². The summed E-state index contributed by atoms with van der Waals surface area (Å²) in [6.45, 7) is 1.64. The van der Waals surface area contributed by atoms with Crippen molar-refractivity contribution in [3.8, 4) is 5.75 Å². The number of carbonyl (C=O) groups excluding carboxylic acids is 2. The quantitative estimate of drug-likeness (QED) is 0.616. The molecule has 0 spiro atoms. The summed E-state index contributed by atoms with van der Waals surface area (Å²) in [6.07, 6.45) is 4.77. The molecule has 2 amide bonds. The Labute approximate surface area is 163 Å². The third kappa shape index (κ3) is 5.64. The highest BCUT2D eigenvalue weighted by atomic mass is 19.1. The molecule has 0 atom stereocenters. The highest BCUT2D eigenvalue weighted by Crippen LogP contribution is 2.13. The Morgan fingerprint density at radius 1 is 1.04 bits per heavy atom. The molecular weight excluding hydrogens is 361 g/mol. The summed E-state index contributed by atoms with van der Waals surface area (Å²) in [5.74, 6) is -0.223. The minimum Gasteiger partial charge on any atom is -0.484 e. The number of hydrogen-bond donors (Lipinski definition) is 1. The van der Waals surface area contributed by atoms with Crippen molar-refractivity contribution >= 4 is 18.0 Å². The predicted molar refractivity (Wildman–Crippen MR) is 104 cm³/mol. The normalized spacial score (nSPS) is 14.1. The van der Waals surface area contributed by atoms with Gasteiger partial charge < -0.3 is 9.64 Å². The molecule has 6 nitrogen and oxygen atoms in total. The number of hydrazone groups is 1. The lowest BCUT2D eigenvalue weighted by Crippen LogP contribution is -2.38. The molecule has 0 bridgehead atoms. The van der Waals surface area contributed by atoms with Gasteiger partial charge in [-0.3, -0.25) is 9.59 Å².